The Morgan fingerprint density at radius 1 is 1.15 bits per heavy atom. The van der Waals surface area contributed by atoms with Crippen molar-refractivity contribution in [3.05, 3.63) is 33.2 Å². The lowest BCUT2D eigenvalue weighted by molar-refractivity contribution is -0.145. The summed E-state index contributed by atoms with van der Waals surface area (Å²) in [6.45, 7) is 4.70. The number of amides is 2. The number of piperidine rings is 1. The number of nitrogens with zero attached hydrogens (tertiary/aromatic N) is 2. The molecule has 3 heterocycles. The second-order valence-corrected chi connectivity index (χ2v) is 8.38. The van der Waals surface area contributed by atoms with Crippen LogP contribution in [0.1, 0.15) is 67.1 Å². The predicted molar refractivity (Wildman–Crippen MR) is 103 cm³/mol. The predicted octanol–water partition coefficient (Wildman–Crippen LogP) is 2.12. The van der Waals surface area contributed by atoms with Gasteiger partial charge in [-0.05, 0) is 63.0 Å². The molecule has 1 N–H and O–H groups in total. The Bertz CT molecular complexity index is 813. The number of aryl methyl sites for hydroxylation is 2. The molecule has 0 radical (unpaired) electrons. The average Bonchev–Trinajstić information content (AvgIpc) is 3.10. The van der Waals surface area contributed by atoms with E-state index in [4.69, 9.17) is 0 Å². The van der Waals surface area contributed by atoms with Crippen molar-refractivity contribution in [1.82, 2.24) is 14.8 Å². The zero-order valence-corrected chi connectivity index (χ0v) is 16.2. The largest absolute Gasteiger partial charge is 0.342 e. The molecule has 0 aromatic carbocycles. The van der Waals surface area contributed by atoms with E-state index in [0.717, 1.165) is 69.3 Å². The van der Waals surface area contributed by atoms with Gasteiger partial charge in [-0.25, -0.2) is 0 Å². The van der Waals surface area contributed by atoms with E-state index in [1.165, 1.54) is 0 Å². The highest BCUT2D eigenvalue weighted by Crippen LogP contribution is 2.40. The molecule has 0 unspecified atom stereocenters. The molecule has 146 valence electrons. The average molecular weight is 371 g/mol. The van der Waals surface area contributed by atoms with Crippen LogP contribution in [0.25, 0.3) is 0 Å². The van der Waals surface area contributed by atoms with Gasteiger partial charge in [0.25, 0.3) is 11.5 Å². The molecule has 1 atom stereocenters. The van der Waals surface area contributed by atoms with E-state index in [2.05, 4.69) is 11.9 Å². The van der Waals surface area contributed by atoms with Crippen molar-refractivity contribution in [1.29, 1.82) is 0 Å². The summed E-state index contributed by atoms with van der Waals surface area (Å²) in [5.74, 6) is -0.0211. The Morgan fingerprint density at radius 2 is 1.96 bits per heavy atom. The van der Waals surface area contributed by atoms with Crippen molar-refractivity contribution in [2.45, 2.75) is 58.3 Å². The molecule has 6 nitrogen and oxygen atoms in total. The van der Waals surface area contributed by atoms with Crippen LogP contribution in [0.3, 0.4) is 0 Å². The molecule has 2 fully saturated rings. The van der Waals surface area contributed by atoms with E-state index < -0.39 is 5.41 Å². The van der Waals surface area contributed by atoms with Crippen molar-refractivity contribution < 1.29 is 9.59 Å². The van der Waals surface area contributed by atoms with Crippen molar-refractivity contribution in [2.24, 2.45) is 5.41 Å². The van der Waals surface area contributed by atoms with Gasteiger partial charge >= 0.3 is 0 Å². The van der Waals surface area contributed by atoms with Crippen LogP contribution < -0.4 is 5.56 Å². The lowest BCUT2D eigenvalue weighted by Gasteiger charge is -2.39. The fourth-order valence-corrected chi connectivity index (χ4v) is 5.06. The van der Waals surface area contributed by atoms with Gasteiger partial charge in [-0.1, -0.05) is 6.92 Å². The molecule has 1 spiro atoms. The first-order chi connectivity index (χ1) is 13.0. The minimum absolute atomic E-state index is 0.199. The zero-order valence-electron chi connectivity index (χ0n) is 16.2. The topological polar surface area (TPSA) is 73.5 Å². The summed E-state index contributed by atoms with van der Waals surface area (Å²) >= 11 is 0. The van der Waals surface area contributed by atoms with E-state index in [-0.39, 0.29) is 22.9 Å². The number of hydrogen-bond acceptors (Lipinski definition) is 3. The van der Waals surface area contributed by atoms with Crippen molar-refractivity contribution in [2.75, 3.05) is 26.2 Å². The van der Waals surface area contributed by atoms with Crippen LogP contribution in [0.4, 0.5) is 0 Å². The second-order valence-electron chi connectivity index (χ2n) is 8.38. The number of carbonyl (C=O) groups is 2. The van der Waals surface area contributed by atoms with Crippen molar-refractivity contribution in [3.63, 3.8) is 0 Å². The molecule has 0 saturated carbocycles. The van der Waals surface area contributed by atoms with Crippen LogP contribution in [-0.4, -0.2) is 52.8 Å². The highest BCUT2D eigenvalue weighted by molar-refractivity contribution is 5.95. The molecule has 4 rings (SSSR count). The van der Waals surface area contributed by atoms with Gasteiger partial charge < -0.3 is 14.8 Å². The van der Waals surface area contributed by atoms with Crippen molar-refractivity contribution in [3.8, 4) is 0 Å². The van der Waals surface area contributed by atoms with Gasteiger partial charge in [0.05, 0.1) is 5.41 Å². The standard InChI is InChI=1S/C21H29N3O3/c1-2-10-23-11-5-8-21(20(23)27)9-12-24(14-21)19(26)16-13-15-6-3-4-7-17(15)22-18(16)25/h13H,2-12,14H2,1H3,(H,22,25)/t21-/m0/s1. The first-order valence-corrected chi connectivity index (χ1v) is 10.4. The summed E-state index contributed by atoms with van der Waals surface area (Å²) in [7, 11) is 0. The van der Waals surface area contributed by atoms with Crippen LogP contribution in [0, 0.1) is 5.41 Å². The normalized spacial score (nSPS) is 25.1. The molecule has 1 aliphatic carbocycles. The number of nitrogens with one attached hydrogen (secondary N) is 1. The lowest BCUT2D eigenvalue weighted by atomic mass is 9.78. The molecule has 6 heteroatoms. The van der Waals surface area contributed by atoms with Gasteiger partial charge in [0, 0.05) is 31.9 Å². The summed E-state index contributed by atoms with van der Waals surface area (Å²) in [5, 5.41) is 0. The maximum absolute atomic E-state index is 13.1. The monoisotopic (exact) mass is 371 g/mol. The Balaban J connectivity index is 1.55. The number of aromatic amines is 1. The molecule has 1 aromatic heterocycles. The summed E-state index contributed by atoms with van der Waals surface area (Å²) in [5.41, 5.74) is 1.59. The van der Waals surface area contributed by atoms with Gasteiger partial charge in [0.2, 0.25) is 5.91 Å². The maximum Gasteiger partial charge on any atom is 0.261 e. The molecule has 2 aliphatic heterocycles. The number of pyridine rings is 1. The quantitative estimate of drug-likeness (QED) is 0.884. The number of carbonyl (C=O) groups excluding carboxylic acids is 2. The summed E-state index contributed by atoms with van der Waals surface area (Å²) < 4.78 is 0. The summed E-state index contributed by atoms with van der Waals surface area (Å²) in [6, 6.07) is 1.80. The minimum Gasteiger partial charge on any atom is -0.342 e. The van der Waals surface area contributed by atoms with Crippen LogP contribution in [0.15, 0.2) is 10.9 Å². The van der Waals surface area contributed by atoms with Gasteiger partial charge in [0.1, 0.15) is 5.56 Å². The fourth-order valence-electron chi connectivity index (χ4n) is 5.06. The van der Waals surface area contributed by atoms with E-state index in [1.807, 2.05) is 4.90 Å². The number of rotatable bonds is 3. The molecular weight excluding hydrogens is 342 g/mol. The van der Waals surface area contributed by atoms with Crippen LogP contribution in [-0.2, 0) is 17.6 Å². The number of fused-ring (bicyclic) bond motifs is 1. The van der Waals surface area contributed by atoms with Gasteiger partial charge in [0.15, 0.2) is 0 Å². The first kappa shape index (κ1) is 18.3. The Hall–Kier alpha value is -2.11. The Kier molecular flexibility index (Phi) is 4.82. The smallest absolute Gasteiger partial charge is 0.261 e. The number of H-pyrrole nitrogens is 1. The highest BCUT2D eigenvalue weighted by atomic mass is 16.2. The van der Waals surface area contributed by atoms with Gasteiger partial charge in [-0.15, -0.1) is 0 Å². The molecule has 2 saturated heterocycles. The SMILES string of the molecule is CCCN1CCC[C@@]2(CCN(C(=O)c3cc4c([nH]c3=O)CCCC4)C2)C1=O. The van der Waals surface area contributed by atoms with Crippen LogP contribution >= 0.6 is 0 Å². The summed E-state index contributed by atoms with van der Waals surface area (Å²) in [6.07, 6.45) is 7.48. The van der Waals surface area contributed by atoms with E-state index >= 15 is 0 Å². The maximum atomic E-state index is 13.1. The van der Waals surface area contributed by atoms with E-state index in [1.54, 1.807) is 11.0 Å². The Labute approximate surface area is 159 Å². The third kappa shape index (κ3) is 3.19. The number of aromatic nitrogens is 1. The lowest BCUT2D eigenvalue weighted by Crippen LogP contribution is -2.50. The highest BCUT2D eigenvalue weighted by Gasteiger charge is 2.49. The van der Waals surface area contributed by atoms with Crippen LogP contribution in [0.2, 0.25) is 0 Å². The fraction of sp³-hybridized carbons (Fsp3) is 0.667. The zero-order chi connectivity index (χ0) is 19.0. The van der Waals surface area contributed by atoms with Gasteiger partial charge in [-0.2, -0.15) is 0 Å². The van der Waals surface area contributed by atoms with Crippen molar-refractivity contribution >= 4 is 11.8 Å². The number of hydrogen-bond donors (Lipinski definition) is 1. The van der Waals surface area contributed by atoms with Crippen LogP contribution in [0.5, 0.6) is 0 Å². The molecule has 27 heavy (non-hydrogen) atoms. The molecule has 1 aromatic rings. The molecule has 3 aliphatic rings. The molecule has 0 bridgehead atoms. The molecule has 2 amide bonds. The molecular formula is C21H29N3O3. The summed E-state index contributed by atoms with van der Waals surface area (Å²) in [4.78, 5) is 45.2. The van der Waals surface area contributed by atoms with E-state index in [0.29, 0.717) is 19.5 Å². The van der Waals surface area contributed by atoms with Gasteiger partial charge in [-0.3, -0.25) is 14.4 Å². The Morgan fingerprint density at radius 3 is 2.78 bits per heavy atom. The minimum atomic E-state index is -0.440. The van der Waals surface area contributed by atoms with E-state index in [9.17, 15) is 14.4 Å². The first-order valence-electron chi connectivity index (χ1n) is 10.4. The third-order valence-electron chi connectivity index (χ3n) is 6.53. The number of likely N-dealkylation sites (tertiary alicyclic amines) is 2. The third-order valence-corrected chi connectivity index (χ3v) is 6.53. The second kappa shape index (κ2) is 7.13.